The first-order valence-electron chi connectivity index (χ1n) is 9.65. The standard InChI is InChI=1S/C22H26N4O2/c1-25(16-17-4-5-19-15-20(28-2)7-6-18(19)14-17)21(27)22(8-11-23-12-9-22)26-13-3-10-24-26/h3-7,10,13-15,23H,8-9,11-12,16H2,1-2H3. The molecule has 6 heteroatoms. The Kier molecular flexibility index (Phi) is 5.05. The molecule has 2 heterocycles. The summed E-state index contributed by atoms with van der Waals surface area (Å²) in [6.07, 6.45) is 5.14. The highest BCUT2D eigenvalue weighted by Gasteiger charge is 2.43. The normalized spacial score (nSPS) is 16.1. The molecule has 2 aromatic carbocycles. The Morgan fingerprint density at radius 2 is 1.96 bits per heavy atom. The number of benzene rings is 2. The van der Waals surface area contributed by atoms with Gasteiger partial charge < -0.3 is 15.0 Å². The highest BCUT2D eigenvalue weighted by molar-refractivity contribution is 5.86. The molecule has 0 unspecified atom stereocenters. The fourth-order valence-corrected chi connectivity index (χ4v) is 4.10. The quantitative estimate of drug-likeness (QED) is 0.742. The molecule has 0 radical (unpaired) electrons. The van der Waals surface area contributed by atoms with Gasteiger partial charge in [0.25, 0.3) is 5.91 Å². The Bertz CT molecular complexity index is 962. The van der Waals surface area contributed by atoms with E-state index in [1.54, 1.807) is 13.3 Å². The van der Waals surface area contributed by atoms with E-state index in [2.05, 4.69) is 34.7 Å². The first kappa shape index (κ1) is 18.5. The maximum Gasteiger partial charge on any atom is 0.250 e. The minimum Gasteiger partial charge on any atom is -0.497 e. The first-order chi connectivity index (χ1) is 13.6. The summed E-state index contributed by atoms with van der Waals surface area (Å²) in [4.78, 5) is 15.3. The summed E-state index contributed by atoms with van der Waals surface area (Å²) in [6, 6.07) is 14.2. The van der Waals surface area contributed by atoms with Crippen LogP contribution in [-0.4, -0.2) is 47.8 Å². The third-order valence-corrected chi connectivity index (χ3v) is 5.65. The fourth-order valence-electron chi connectivity index (χ4n) is 4.10. The van der Waals surface area contributed by atoms with Gasteiger partial charge in [-0.1, -0.05) is 18.2 Å². The molecule has 1 aromatic heterocycles. The summed E-state index contributed by atoms with van der Waals surface area (Å²) in [5.74, 6) is 0.965. The van der Waals surface area contributed by atoms with Crippen molar-refractivity contribution in [1.82, 2.24) is 20.0 Å². The molecule has 0 spiro atoms. The zero-order valence-electron chi connectivity index (χ0n) is 16.4. The third kappa shape index (κ3) is 3.36. The number of rotatable bonds is 5. The number of likely N-dealkylation sites (N-methyl/N-ethyl adjacent to an activating group) is 1. The van der Waals surface area contributed by atoms with Gasteiger partial charge in [0.1, 0.15) is 11.3 Å². The highest BCUT2D eigenvalue weighted by atomic mass is 16.5. The van der Waals surface area contributed by atoms with Crippen LogP contribution in [0.4, 0.5) is 0 Å². The van der Waals surface area contributed by atoms with E-state index in [9.17, 15) is 4.79 Å². The van der Waals surface area contributed by atoms with E-state index in [0.29, 0.717) is 6.54 Å². The molecule has 3 aromatic rings. The van der Waals surface area contributed by atoms with Crippen LogP contribution in [0, 0.1) is 0 Å². The lowest BCUT2D eigenvalue weighted by molar-refractivity contribution is -0.142. The number of fused-ring (bicyclic) bond motifs is 1. The molecule has 1 fully saturated rings. The summed E-state index contributed by atoms with van der Waals surface area (Å²) in [6.45, 7) is 2.20. The third-order valence-electron chi connectivity index (χ3n) is 5.65. The zero-order valence-corrected chi connectivity index (χ0v) is 16.4. The second-order valence-electron chi connectivity index (χ2n) is 7.44. The van der Waals surface area contributed by atoms with Crippen molar-refractivity contribution < 1.29 is 9.53 Å². The average Bonchev–Trinajstić information content (AvgIpc) is 3.28. The lowest BCUT2D eigenvalue weighted by atomic mass is 9.86. The van der Waals surface area contributed by atoms with Crippen LogP contribution in [0.3, 0.4) is 0 Å². The van der Waals surface area contributed by atoms with Crippen molar-refractivity contribution in [3.05, 3.63) is 60.4 Å². The molecule has 0 bridgehead atoms. The maximum atomic E-state index is 13.5. The van der Waals surface area contributed by atoms with E-state index >= 15 is 0 Å². The Balaban J connectivity index is 1.57. The van der Waals surface area contributed by atoms with Crippen LogP contribution in [-0.2, 0) is 16.9 Å². The van der Waals surface area contributed by atoms with Crippen LogP contribution in [0.5, 0.6) is 5.75 Å². The zero-order chi connectivity index (χ0) is 19.6. The van der Waals surface area contributed by atoms with Crippen molar-refractivity contribution in [2.45, 2.75) is 24.9 Å². The summed E-state index contributed by atoms with van der Waals surface area (Å²) in [5.41, 5.74) is 0.506. The van der Waals surface area contributed by atoms with Gasteiger partial charge in [0.15, 0.2) is 0 Å². The number of hydrogen-bond acceptors (Lipinski definition) is 4. The monoisotopic (exact) mass is 378 g/mol. The summed E-state index contributed by atoms with van der Waals surface area (Å²) < 4.78 is 7.14. The smallest absolute Gasteiger partial charge is 0.250 e. The van der Waals surface area contributed by atoms with Crippen LogP contribution in [0.1, 0.15) is 18.4 Å². The number of amides is 1. The predicted molar refractivity (Wildman–Crippen MR) is 109 cm³/mol. The minimum absolute atomic E-state index is 0.118. The Morgan fingerprint density at radius 1 is 1.21 bits per heavy atom. The number of methoxy groups -OCH3 is 1. The molecule has 1 aliphatic heterocycles. The number of carbonyl (C=O) groups is 1. The van der Waals surface area contributed by atoms with E-state index in [0.717, 1.165) is 48.0 Å². The number of ether oxygens (including phenoxy) is 1. The summed E-state index contributed by atoms with van der Waals surface area (Å²) >= 11 is 0. The molecule has 146 valence electrons. The molecule has 1 amide bonds. The average molecular weight is 378 g/mol. The fraction of sp³-hybridized carbons (Fsp3) is 0.364. The summed E-state index contributed by atoms with van der Waals surface area (Å²) in [5, 5.41) is 10.0. The van der Waals surface area contributed by atoms with E-state index in [4.69, 9.17) is 4.74 Å². The number of carbonyl (C=O) groups excluding carboxylic acids is 1. The van der Waals surface area contributed by atoms with Crippen LogP contribution in [0.25, 0.3) is 10.8 Å². The lowest BCUT2D eigenvalue weighted by Gasteiger charge is -2.39. The van der Waals surface area contributed by atoms with Crippen molar-refractivity contribution in [2.75, 3.05) is 27.2 Å². The van der Waals surface area contributed by atoms with Gasteiger partial charge in [0.05, 0.1) is 7.11 Å². The Morgan fingerprint density at radius 3 is 2.68 bits per heavy atom. The van der Waals surface area contributed by atoms with Gasteiger partial charge in [0.2, 0.25) is 0 Å². The maximum absolute atomic E-state index is 13.5. The minimum atomic E-state index is -0.603. The molecular formula is C22H26N4O2. The second kappa shape index (κ2) is 7.64. The number of nitrogens with one attached hydrogen (secondary N) is 1. The number of aromatic nitrogens is 2. The molecule has 0 aliphatic carbocycles. The van der Waals surface area contributed by atoms with Crippen molar-refractivity contribution in [3.8, 4) is 5.75 Å². The molecule has 6 nitrogen and oxygen atoms in total. The van der Waals surface area contributed by atoms with E-state index < -0.39 is 5.54 Å². The van der Waals surface area contributed by atoms with Gasteiger partial charge in [-0.15, -0.1) is 0 Å². The van der Waals surface area contributed by atoms with Crippen molar-refractivity contribution in [2.24, 2.45) is 0 Å². The van der Waals surface area contributed by atoms with E-state index in [-0.39, 0.29) is 5.91 Å². The van der Waals surface area contributed by atoms with Crippen molar-refractivity contribution in [1.29, 1.82) is 0 Å². The molecule has 0 atom stereocenters. The first-order valence-corrected chi connectivity index (χ1v) is 9.65. The SMILES string of the molecule is COc1ccc2cc(CN(C)C(=O)C3(n4cccn4)CCNCC3)ccc2c1. The van der Waals surface area contributed by atoms with Gasteiger partial charge in [0, 0.05) is 26.0 Å². The molecular weight excluding hydrogens is 352 g/mol. The van der Waals surface area contributed by atoms with Crippen LogP contribution in [0.2, 0.25) is 0 Å². The summed E-state index contributed by atoms with van der Waals surface area (Å²) in [7, 11) is 3.56. The highest BCUT2D eigenvalue weighted by Crippen LogP contribution is 2.30. The van der Waals surface area contributed by atoms with Crippen molar-refractivity contribution >= 4 is 16.7 Å². The molecule has 1 N–H and O–H groups in total. The number of nitrogens with zero attached hydrogens (tertiary/aromatic N) is 3. The second-order valence-corrected chi connectivity index (χ2v) is 7.44. The van der Waals surface area contributed by atoms with Crippen LogP contribution in [0.15, 0.2) is 54.9 Å². The number of piperidine rings is 1. The van der Waals surface area contributed by atoms with E-state index in [1.165, 1.54) is 0 Å². The molecule has 28 heavy (non-hydrogen) atoms. The van der Waals surface area contributed by atoms with E-state index in [1.807, 2.05) is 41.0 Å². The van der Waals surface area contributed by atoms with Crippen molar-refractivity contribution in [3.63, 3.8) is 0 Å². The topological polar surface area (TPSA) is 59.4 Å². The lowest BCUT2D eigenvalue weighted by Crippen LogP contribution is -2.54. The largest absolute Gasteiger partial charge is 0.497 e. The van der Waals surface area contributed by atoms with Gasteiger partial charge >= 0.3 is 0 Å². The van der Waals surface area contributed by atoms with Gasteiger partial charge in [-0.25, -0.2) is 0 Å². The van der Waals surface area contributed by atoms with Gasteiger partial charge in [-0.3, -0.25) is 9.48 Å². The molecule has 1 saturated heterocycles. The molecule has 1 aliphatic rings. The Hall–Kier alpha value is -2.86. The van der Waals surface area contributed by atoms with Gasteiger partial charge in [-0.05, 0) is 66.5 Å². The molecule has 0 saturated carbocycles. The molecule has 4 rings (SSSR count). The van der Waals surface area contributed by atoms with Crippen LogP contribution >= 0.6 is 0 Å². The van der Waals surface area contributed by atoms with Crippen LogP contribution < -0.4 is 10.1 Å². The van der Waals surface area contributed by atoms with Gasteiger partial charge in [-0.2, -0.15) is 5.10 Å². The Labute approximate surface area is 165 Å². The number of hydrogen-bond donors (Lipinski definition) is 1. The predicted octanol–water partition coefficient (Wildman–Crippen LogP) is 2.78.